The van der Waals surface area contributed by atoms with Crippen molar-refractivity contribution in [2.75, 3.05) is 19.1 Å². The maximum Gasteiger partial charge on any atom is 0.237 e. The SMILES string of the molecule is COc1ccc2c(c1)C1(CC1)C(=O)N2C. The van der Waals surface area contributed by atoms with Crippen molar-refractivity contribution in [1.29, 1.82) is 0 Å². The molecule has 1 aromatic carbocycles. The molecule has 0 unspecified atom stereocenters. The van der Waals surface area contributed by atoms with E-state index in [0.29, 0.717) is 0 Å². The number of carbonyl (C=O) groups is 1. The fourth-order valence-electron chi connectivity index (χ4n) is 2.47. The molecule has 0 atom stereocenters. The molecule has 1 amide bonds. The molecule has 3 nitrogen and oxygen atoms in total. The van der Waals surface area contributed by atoms with Crippen LogP contribution in [0.3, 0.4) is 0 Å². The average molecular weight is 203 g/mol. The van der Waals surface area contributed by atoms with Crippen LogP contribution in [0.25, 0.3) is 0 Å². The summed E-state index contributed by atoms with van der Waals surface area (Å²) in [5.41, 5.74) is 1.99. The third-order valence-electron chi connectivity index (χ3n) is 3.54. The highest BCUT2D eigenvalue weighted by Gasteiger charge is 2.58. The van der Waals surface area contributed by atoms with E-state index in [1.165, 1.54) is 0 Å². The molecule has 3 heteroatoms. The minimum absolute atomic E-state index is 0.196. The molecule has 3 rings (SSSR count). The summed E-state index contributed by atoms with van der Waals surface area (Å²) in [6.07, 6.45) is 1.96. The van der Waals surface area contributed by atoms with Gasteiger partial charge in [0.05, 0.1) is 12.5 Å². The summed E-state index contributed by atoms with van der Waals surface area (Å²) in [4.78, 5) is 13.8. The summed E-state index contributed by atoms with van der Waals surface area (Å²) in [6, 6.07) is 5.88. The second kappa shape index (κ2) is 2.54. The molecule has 2 aliphatic rings. The van der Waals surface area contributed by atoms with E-state index in [-0.39, 0.29) is 11.3 Å². The molecule has 1 fully saturated rings. The fourth-order valence-corrected chi connectivity index (χ4v) is 2.47. The largest absolute Gasteiger partial charge is 0.497 e. The van der Waals surface area contributed by atoms with Crippen molar-refractivity contribution in [3.8, 4) is 5.75 Å². The van der Waals surface area contributed by atoms with Crippen LogP contribution < -0.4 is 9.64 Å². The number of ether oxygens (including phenoxy) is 1. The molecule has 1 saturated carbocycles. The van der Waals surface area contributed by atoms with E-state index in [0.717, 1.165) is 29.8 Å². The Morgan fingerprint density at radius 1 is 1.40 bits per heavy atom. The van der Waals surface area contributed by atoms with Gasteiger partial charge in [0.25, 0.3) is 0 Å². The third kappa shape index (κ3) is 0.928. The highest BCUT2D eigenvalue weighted by atomic mass is 16.5. The van der Waals surface area contributed by atoms with Gasteiger partial charge in [0, 0.05) is 12.7 Å². The number of benzene rings is 1. The van der Waals surface area contributed by atoms with E-state index in [4.69, 9.17) is 4.74 Å². The van der Waals surface area contributed by atoms with Gasteiger partial charge in [0.1, 0.15) is 5.75 Å². The second-order valence-corrected chi connectivity index (χ2v) is 4.33. The predicted octanol–water partition coefficient (Wildman–Crippen LogP) is 1.70. The van der Waals surface area contributed by atoms with E-state index in [1.54, 1.807) is 12.0 Å². The Morgan fingerprint density at radius 3 is 2.73 bits per heavy atom. The zero-order valence-electron chi connectivity index (χ0n) is 8.91. The number of carbonyl (C=O) groups excluding carboxylic acids is 1. The number of likely N-dealkylation sites (N-methyl/N-ethyl adjacent to an activating group) is 1. The van der Waals surface area contributed by atoms with E-state index in [9.17, 15) is 4.79 Å². The number of nitrogens with zero attached hydrogens (tertiary/aromatic N) is 1. The highest BCUT2D eigenvalue weighted by molar-refractivity contribution is 6.09. The van der Waals surface area contributed by atoms with Crippen LogP contribution in [0.1, 0.15) is 18.4 Å². The Hall–Kier alpha value is -1.51. The van der Waals surface area contributed by atoms with E-state index in [2.05, 4.69) is 0 Å². The molecule has 1 aliphatic carbocycles. The van der Waals surface area contributed by atoms with Gasteiger partial charge in [-0.3, -0.25) is 4.79 Å². The van der Waals surface area contributed by atoms with Gasteiger partial charge >= 0.3 is 0 Å². The molecular formula is C12H13NO2. The van der Waals surface area contributed by atoms with Crippen LogP contribution >= 0.6 is 0 Å². The van der Waals surface area contributed by atoms with Crippen molar-refractivity contribution >= 4 is 11.6 Å². The Kier molecular flexibility index (Phi) is 1.48. The summed E-state index contributed by atoms with van der Waals surface area (Å²) in [7, 11) is 3.50. The first-order valence-corrected chi connectivity index (χ1v) is 5.16. The zero-order valence-corrected chi connectivity index (χ0v) is 8.91. The Morgan fingerprint density at radius 2 is 2.13 bits per heavy atom. The molecule has 15 heavy (non-hydrogen) atoms. The van der Waals surface area contributed by atoms with Gasteiger partial charge in [-0.05, 0) is 36.6 Å². The quantitative estimate of drug-likeness (QED) is 0.695. The van der Waals surface area contributed by atoms with Gasteiger partial charge in [0.15, 0.2) is 0 Å². The van der Waals surface area contributed by atoms with Crippen molar-refractivity contribution in [2.45, 2.75) is 18.3 Å². The summed E-state index contributed by atoms with van der Waals surface area (Å²) in [5, 5.41) is 0. The van der Waals surface area contributed by atoms with Crippen LogP contribution in [0.4, 0.5) is 5.69 Å². The first kappa shape index (κ1) is 8.77. The van der Waals surface area contributed by atoms with E-state index < -0.39 is 0 Å². The predicted molar refractivity (Wildman–Crippen MR) is 57.3 cm³/mol. The molecule has 0 radical (unpaired) electrons. The number of hydrogen-bond donors (Lipinski definition) is 0. The van der Waals surface area contributed by atoms with Crippen LogP contribution in [-0.2, 0) is 10.2 Å². The van der Waals surface area contributed by atoms with Gasteiger partial charge in [0.2, 0.25) is 5.91 Å². The van der Waals surface area contributed by atoms with Crippen molar-refractivity contribution in [2.24, 2.45) is 0 Å². The number of amides is 1. The second-order valence-electron chi connectivity index (χ2n) is 4.33. The van der Waals surface area contributed by atoms with E-state index >= 15 is 0 Å². The average Bonchev–Trinajstić information content (AvgIpc) is 3.04. The van der Waals surface area contributed by atoms with Gasteiger partial charge in [-0.1, -0.05) is 0 Å². The molecule has 1 aliphatic heterocycles. The van der Waals surface area contributed by atoms with Crippen molar-refractivity contribution in [3.63, 3.8) is 0 Å². The van der Waals surface area contributed by atoms with Crippen LogP contribution in [0, 0.1) is 0 Å². The topological polar surface area (TPSA) is 29.5 Å². The van der Waals surface area contributed by atoms with Gasteiger partial charge in [-0.25, -0.2) is 0 Å². The van der Waals surface area contributed by atoms with Crippen LogP contribution in [0.5, 0.6) is 5.75 Å². The standard InChI is InChI=1S/C12H13NO2/c1-13-10-4-3-8(15-2)7-9(10)12(5-6-12)11(13)14/h3-4,7H,5-6H2,1-2H3. The minimum Gasteiger partial charge on any atom is -0.497 e. The summed E-state index contributed by atoms with van der Waals surface area (Å²) < 4.78 is 5.20. The van der Waals surface area contributed by atoms with E-state index in [1.807, 2.05) is 25.2 Å². The normalized spacial score (nSPS) is 20.7. The fraction of sp³-hybridized carbons (Fsp3) is 0.417. The van der Waals surface area contributed by atoms with Gasteiger partial charge in [-0.2, -0.15) is 0 Å². The lowest BCUT2D eigenvalue weighted by Crippen LogP contribution is -2.27. The zero-order chi connectivity index (χ0) is 10.6. The number of fused-ring (bicyclic) bond motifs is 2. The van der Waals surface area contributed by atoms with Crippen molar-refractivity contribution in [1.82, 2.24) is 0 Å². The smallest absolute Gasteiger partial charge is 0.237 e. The number of hydrogen-bond acceptors (Lipinski definition) is 2. The van der Waals surface area contributed by atoms with Gasteiger partial charge in [-0.15, -0.1) is 0 Å². The first-order valence-electron chi connectivity index (χ1n) is 5.16. The maximum absolute atomic E-state index is 12.0. The molecular weight excluding hydrogens is 190 g/mol. The Balaban J connectivity index is 2.20. The maximum atomic E-state index is 12.0. The first-order chi connectivity index (χ1) is 7.19. The van der Waals surface area contributed by atoms with Crippen molar-refractivity contribution in [3.05, 3.63) is 23.8 Å². The molecule has 0 saturated heterocycles. The Bertz CT molecular complexity index is 449. The molecule has 1 spiro atoms. The van der Waals surface area contributed by atoms with Crippen LogP contribution in [0.2, 0.25) is 0 Å². The summed E-state index contributed by atoms with van der Waals surface area (Å²) in [6.45, 7) is 0. The molecule has 1 heterocycles. The summed E-state index contributed by atoms with van der Waals surface area (Å²) in [5.74, 6) is 1.08. The minimum atomic E-state index is -0.196. The van der Waals surface area contributed by atoms with Gasteiger partial charge < -0.3 is 9.64 Å². The molecule has 0 aromatic heterocycles. The number of rotatable bonds is 1. The molecule has 0 N–H and O–H groups in total. The summed E-state index contributed by atoms with van der Waals surface area (Å²) >= 11 is 0. The number of methoxy groups -OCH3 is 1. The number of anilines is 1. The molecule has 1 aromatic rings. The van der Waals surface area contributed by atoms with Crippen molar-refractivity contribution < 1.29 is 9.53 Å². The molecule has 0 bridgehead atoms. The van der Waals surface area contributed by atoms with Crippen LogP contribution in [0.15, 0.2) is 18.2 Å². The third-order valence-corrected chi connectivity index (χ3v) is 3.54. The lowest BCUT2D eigenvalue weighted by Gasteiger charge is -2.09. The monoisotopic (exact) mass is 203 g/mol. The van der Waals surface area contributed by atoms with Crippen LogP contribution in [-0.4, -0.2) is 20.1 Å². The lowest BCUT2D eigenvalue weighted by atomic mass is 9.98. The lowest BCUT2D eigenvalue weighted by molar-refractivity contribution is -0.119. The Labute approximate surface area is 88.6 Å². The molecule has 78 valence electrons. The highest BCUT2D eigenvalue weighted by Crippen LogP contribution is 2.57.